The second kappa shape index (κ2) is 5.10. The SMILES string of the molecule is CN(C)c1ccc(C2c3ccccc3N=C[NH+]2C)cc1. The summed E-state index contributed by atoms with van der Waals surface area (Å²) in [4.78, 5) is 7.94. The van der Waals surface area contributed by atoms with Crippen LogP contribution in [-0.4, -0.2) is 27.5 Å². The van der Waals surface area contributed by atoms with E-state index in [-0.39, 0.29) is 0 Å². The van der Waals surface area contributed by atoms with E-state index in [0.717, 1.165) is 5.69 Å². The first-order valence-corrected chi connectivity index (χ1v) is 6.90. The number of quaternary nitrogens is 1. The van der Waals surface area contributed by atoms with Gasteiger partial charge in [-0.05, 0) is 18.2 Å². The lowest BCUT2D eigenvalue weighted by Gasteiger charge is -2.26. The average molecular weight is 266 g/mol. The minimum absolute atomic E-state index is 0.319. The fraction of sp³-hybridized carbons (Fsp3) is 0.235. The summed E-state index contributed by atoms with van der Waals surface area (Å²) in [6.07, 6.45) is 1.99. The average Bonchev–Trinajstić information content (AvgIpc) is 2.47. The third-order valence-corrected chi connectivity index (χ3v) is 3.85. The molecule has 0 radical (unpaired) electrons. The second-order valence-corrected chi connectivity index (χ2v) is 5.48. The minimum Gasteiger partial charge on any atom is -0.378 e. The Kier molecular flexibility index (Phi) is 3.28. The van der Waals surface area contributed by atoms with Crippen LogP contribution in [0.15, 0.2) is 53.5 Å². The monoisotopic (exact) mass is 266 g/mol. The van der Waals surface area contributed by atoms with E-state index < -0.39 is 0 Å². The van der Waals surface area contributed by atoms with Gasteiger partial charge in [0.2, 0.25) is 0 Å². The highest BCUT2D eigenvalue weighted by atomic mass is 15.2. The molecule has 0 amide bonds. The molecular formula is C17H20N3+. The van der Waals surface area contributed by atoms with Crippen LogP contribution < -0.4 is 9.80 Å². The van der Waals surface area contributed by atoms with Gasteiger partial charge in [0, 0.05) is 30.9 Å². The molecule has 2 aromatic rings. The summed E-state index contributed by atoms with van der Waals surface area (Å²) < 4.78 is 0. The van der Waals surface area contributed by atoms with Gasteiger partial charge in [-0.1, -0.05) is 30.3 Å². The number of hydrogen-bond donors (Lipinski definition) is 1. The molecule has 3 rings (SSSR count). The molecule has 1 aliphatic rings. The Morgan fingerprint density at radius 1 is 1.00 bits per heavy atom. The van der Waals surface area contributed by atoms with Gasteiger partial charge in [-0.15, -0.1) is 0 Å². The van der Waals surface area contributed by atoms with Gasteiger partial charge in [0.25, 0.3) is 0 Å². The molecule has 3 nitrogen and oxygen atoms in total. The zero-order chi connectivity index (χ0) is 14.1. The molecule has 20 heavy (non-hydrogen) atoms. The van der Waals surface area contributed by atoms with Gasteiger partial charge in [0.15, 0.2) is 6.34 Å². The van der Waals surface area contributed by atoms with Crippen LogP contribution in [0.1, 0.15) is 17.2 Å². The predicted octanol–water partition coefficient (Wildman–Crippen LogP) is 2.03. The van der Waals surface area contributed by atoms with Gasteiger partial charge in [0.05, 0.1) is 12.7 Å². The number of nitrogens with zero attached hydrogens (tertiary/aromatic N) is 2. The molecule has 1 N–H and O–H groups in total. The van der Waals surface area contributed by atoms with E-state index >= 15 is 0 Å². The summed E-state index contributed by atoms with van der Waals surface area (Å²) >= 11 is 0. The van der Waals surface area contributed by atoms with Crippen LogP contribution in [0.2, 0.25) is 0 Å². The molecule has 102 valence electrons. The van der Waals surface area contributed by atoms with Crippen molar-refractivity contribution in [3.8, 4) is 0 Å². The lowest BCUT2D eigenvalue weighted by Crippen LogP contribution is -3.08. The molecule has 1 heterocycles. The molecule has 2 atom stereocenters. The maximum Gasteiger partial charge on any atom is 0.189 e. The quantitative estimate of drug-likeness (QED) is 0.882. The van der Waals surface area contributed by atoms with Crippen LogP contribution in [0.3, 0.4) is 0 Å². The van der Waals surface area contributed by atoms with Gasteiger partial charge in [0.1, 0.15) is 6.04 Å². The smallest absolute Gasteiger partial charge is 0.189 e. The molecule has 0 spiro atoms. The topological polar surface area (TPSA) is 20.0 Å². The number of aliphatic imine (C=N–C) groups is 1. The van der Waals surface area contributed by atoms with Crippen molar-refractivity contribution in [1.82, 2.24) is 0 Å². The summed E-state index contributed by atoms with van der Waals surface area (Å²) in [6, 6.07) is 17.5. The number of anilines is 1. The van der Waals surface area contributed by atoms with Gasteiger partial charge in [-0.2, -0.15) is 0 Å². The van der Waals surface area contributed by atoms with Crippen LogP contribution in [0.5, 0.6) is 0 Å². The number of benzene rings is 2. The van der Waals surface area contributed by atoms with Crippen LogP contribution in [0, 0.1) is 0 Å². The van der Waals surface area contributed by atoms with Gasteiger partial charge in [-0.3, -0.25) is 4.90 Å². The lowest BCUT2D eigenvalue weighted by atomic mass is 9.95. The van der Waals surface area contributed by atoms with Gasteiger partial charge < -0.3 is 4.90 Å². The second-order valence-electron chi connectivity index (χ2n) is 5.48. The van der Waals surface area contributed by atoms with E-state index in [0.29, 0.717) is 6.04 Å². The first kappa shape index (κ1) is 12.9. The fourth-order valence-electron chi connectivity index (χ4n) is 2.75. The largest absolute Gasteiger partial charge is 0.378 e. The third kappa shape index (κ3) is 2.21. The molecule has 1 aliphatic heterocycles. The van der Waals surface area contributed by atoms with E-state index in [2.05, 4.69) is 73.5 Å². The summed E-state index contributed by atoms with van der Waals surface area (Å²) in [7, 11) is 6.29. The Balaban J connectivity index is 2.02. The molecule has 0 saturated heterocycles. The normalized spacial score (nSPS) is 20.6. The van der Waals surface area contributed by atoms with E-state index in [9.17, 15) is 0 Å². The predicted molar refractivity (Wildman–Crippen MR) is 84.1 cm³/mol. The Bertz CT molecular complexity index is 629. The maximum atomic E-state index is 4.53. The van der Waals surface area contributed by atoms with Gasteiger partial charge >= 0.3 is 0 Å². The van der Waals surface area contributed by atoms with E-state index in [1.165, 1.54) is 21.7 Å². The van der Waals surface area contributed by atoms with Crippen molar-refractivity contribution in [3.63, 3.8) is 0 Å². The molecule has 2 unspecified atom stereocenters. The molecule has 0 bridgehead atoms. The van der Waals surface area contributed by atoms with Crippen molar-refractivity contribution in [3.05, 3.63) is 59.7 Å². The zero-order valence-electron chi connectivity index (χ0n) is 12.2. The van der Waals surface area contributed by atoms with Crippen LogP contribution in [0.25, 0.3) is 0 Å². The molecule has 0 saturated carbocycles. The summed E-state index contributed by atoms with van der Waals surface area (Å²) in [6.45, 7) is 0. The van der Waals surface area contributed by atoms with Crippen molar-refractivity contribution in [2.24, 2.45) is 4.99 Å². The Labute approximate surface area is 120 Å². The highest BCUT2D eigenvalue weighted by Gasteiger charge is 2.27. The standard InChI is InChI=1S/C17H19N3/c1-19(2)14-10-8-13(9-11-14)17-15-6-4-5-7-16(15)18-12-20(17)3/h4-12,17H,1-3H3/p+1. The lowest BCUT2D eigenvalue weighted by molar-refractivity contribution is -0.805. The summed E-state index contributed by atoms with van der Waals surface area (Å²) in [5.41, 5.74) is 4.93. The van der Waals surface area contributed by atoms with Crippen LogP contribution >= 0.6 is 0 Å². The molecular weight excluding hydrogens is 246 g/mol. The van der Waals surface area contributed by atoms with Crippen molar-refractivity contribution in [1.29, 1.82) is 0 Å². The van der Waals surface area contributed by atoms with E-state index in [1.54, 1.807) is 0 Å². The number of fused-ring (bicyclic) bond motifs is 1. The van der Waals surface area contributed by atoms with Crippen molar-refractivity contribution in [2.45, 2.75) is 6.04 Å². The van der Waals surface area contributed by atoms with Gasteiger partial charge in [-0.25, -0.2) is 4.99 Å². The number of rotatable bonds is 2. The highest BCUT2D eigenvalue weighted by Crippen LogP contribution is 2.30. The van der Waals surface area contributed by atoms with Crippen molar-refractivity contribution < 1.29 is 4.90 Å². The van der Waals surface area contributed by atoms with Crippen LogP contribution in [-0.2, 0) is 0 Å². The number of hydrogen-bond acceptors (Lipinski definition) is 2. The number of para-hydroxylation sites is 1. The molecule has 0 fully saturated rings. The van der Waals surface area contributed by atoms with E-state index in [4.69, 9.17) is 0 Å². The number of nitrogens with one attached hydrogen (secondary N) is 1. The Morgan fingerprint density at radius 2 is 1.70 bits per heavy atom. The fourth-order valence-corrected chi connectivity index (χ4v) is 2.75. The van der Waals surface area contributed by atoms with E-state index in [1.807, 2.05) is 12.4 Å². The van der Waals surface area contributed by atoms with Crippen LogP contribution in [0.4, 0.5) is 11.4 Å². The summed E-state index contributed by atoms with van der Waals surface area (Å²) in [5.74, 6) is 0. The highest BCUT2D eigenvalue weighted by molar-refractivity contribution is 5.62. The molecule has 2 aromatic carbocycles. The Hall–Kier alpha value is -2.13. The van der Waals surface area contributed by atoms with Crippen molar-refractivity contribution in [2.75, 3.05) is 26.0 Å². The molecule has 0 aliphatic carbocycles. The Morgan fingerprint density at radius 3 is 2.40 bits per heavy atom. The third-order valence-electron chi connectivity index (χ3n) is 3.85. The van der Waals surface area contributed by atoms with Crippen molar-refractivity contribution >= 4 is 17.7 Å². The zero-order valence-corrected chi connectivity index (χ0v) is 12.2. The summed E-state index contributed by atoms with van der Waals surface area (Å²) in [5, 5.41) is 0. The maximum absolute atomic E-state index is 4.53. The first-order chi connectivity index (χ1) is 9.66. The molecule has 3 heteroatoms. The first-order valence-electron chi connectivity index (χ1n) is 6.90. The molecule has 0 aromatic heterocycles. The minimum atomic E-state index is 0.319.